The van der Waals surface area contributed by atoms with Gasteiger partial charge >= 0.3 is 0 Å². The van der Waals surface area contributed by atoms with Crippen molar-refractivity contribution >= 4 is 28.8 Å². The summed E-state index contributed by atoms with van der Waals surface area (Å²) in [5, 5.41) is 4.09. The normalized spacial score (nSPS) is 10.4. The summed E-state index contributed by atoms with van der Waals surface area (Å²) in [5.41, 5.74) is 2.22. The van der Waals surface area contributed by atoms with Crippen molar-refractivity contribution in [1.29, 1.82) is 0 Å². The molecule has 0 bridgehead atoms. The molecule has 0 saturated carbocycles. The van der Waals surface area contributed by atoms with E-state index >= 15 is 0 Å². The summed E-state index contributed by atoms with van der Waals surface area (Å²) < 4.78 is 0. The van der Waals surface area contributed by atoms with Crippen LogP contribution in [0.4, 0.5) is 11.5 Å². The predicted molar refractivity (Wildman–Crippen MR) is 69.0 cm³/mol. The first-order chi connectivity index (χ1) is 8.86. The van der Waals surface area contributed by atoms with Crippen molar-refractivity contribution in [1.82, 2.24) is 15.0 Å². The topological polar surface area (TPSA) is 70.7 Å². The van der Waals surface area contributed by atoms with Crippen LogP contribution >= 0.6 is 0 Å². The maximum Gasteiger partial charge on any atom is 0.150 e. The zero-order valence-corrected chi connectivity index (χ0v) is 9.42. The number of carbonyl (C=O) groups is 1. The van der Waals surface area contributed by atoms with Crippen molar-refractivity contribution in [2.45, 2.75) is 0 Å². The Morgan fingerprint density at radius 3 is 3.06 bits per heavy atom. The number of aromatic nitrogens is 3. The number of aromatic amines is 1. The van der Waals surface area contributed by atoms with Crippen molar-refractivity contribution in [3.8, 4) is 0 Å². The van der Waals surface area contributed by atoms with Crippen molar-refractivity contribution in [2.24, 2.45) is 0 Å². The van der Waals surface area contributed by atoms with Crippen LogP contribution in [0.3, 0.4) is 0 Å². The Bertz CT molecular complexity index is 705. The van der Waals surface area contributed by atoms with Crippen LogP contribution in [-0.2, 0) is 0 Å². The Kier molecular flexibility index (Phi) is 2.49. The van der Waals surface area contributed by atoms with Gasteiger partial charge in [0, 0.05) is 17.4 Å². The molecule has 3 rings (SSSR count). The van der Waals surface area contributed by atoms with Gasteiger partial charge in [-0.1, -0.05) is 12.1 Å². The molecule has 0 aliphatic carbocycles. The molecule has 0 spiro atoms. The zero-order chi connectivity index (χ0) is 12.4. The van der Waals surface area contributed by atoms with Crippen LogP contribution < -0.4 is 5.32 Å². The molecule has 2 N–H and O–H groups in total. The van der Waals surface area contributed by atoms with Crippen LogP contribution in [0.5, 0.6) is 0 Å². The number of hydrogen-bond acceptors (Lipinski definition) is 4. The molecule has 0 unspecified atom stereocenters. The van der Waals surface area contributed by atoms with E-state index in [1.807, 2.05) is 24.4 Å². The van der Waals surface area contributed by atoms with Crippen molar-refractivity contribution in [3.05, 3.63) is 48.4 Å². The summed E-state index contributed by atoms with van der Waals surface area (Å²) in [4.78, 5) is 22.1. The summed E-state index contributed by atoms with van der Waals surface area (Å²) in [5.74, 6) is 0.712. The van der Waals surface area contributed by atoms with E-state index in [2.05, 4.69) is 20.3 Å². The average Bonchev–Trinajstić information content (AvgIpc) is 2.88. The molecule has 0 aliphatic rings. The average molecular weight is 238 g/mol. The molecule has 3 aromatic rings. The van der Waals surface area contributed by atoms with Gasteiger partial charge in [-0.05, 0) is 18.2 Å². The third-order valence-electron chi connectivity index (χ3n) is 2.64. The molecule has 5 nitrogen and oxygen atoms in total. The molecule has 2 aromatic heterocycles. The lowest BCUT2D eigenvalue weighted by atomic mass is 10.2. The van der Waals surface area contributed by atoms with E-state index in [1.54, 1.807) is 12.1 Å². The summed E-state index contributed by atoms with van der Waals surface area (Å²) in [6.45, 7) is 0. The molecule has 0 fully saturated rings. The number of carbonyl (C=O) groups excluding carboxylic acids is 1. The molecule has 88 valence electrons. The lowest BCUT2D eigenvalue weighted by Crippen LogP contribution is -1.95. The summed E-state index contributed by atoms with van der Waals surface area (Å²) in [6, 6.07) is 9.13. The molecule has 0 saturated heterocycles. The van der Waals surface area contributed by atoms with Crippen LogP contribution in [0.15, 0.2) is 42.9 Å². The second-order valence-corrected chi connectivity index (χ2v) is 3.83. The zero-order valence-electron chi connectivity index (χ0n) is 9.42. The first-order valence-electron chi connectivity index (χ1n) is 5.47. The Balaban J connectivity index is 2.00. The van der Waals surface area contributed by atoms with Gasteiger partial charge in [0.05, 0.1) is 5.39 Å². The molecule has 0 atom stereocenters. The summed E-state index contributed by atoms with van der Waals surface area (Å²) in [7, 11) is 0. The highest BCUT2D eigenvalue weighted by atomic mass is 16.1. The summed E-state index contributed by atoms with van der Waals surface area (Å²) in [6.07, 6.45) is 4.12. The largest absolute Gasteiger partial charge is 0.346 e. The minimum atomic E-state index is 0.624. The van der Waals surface area contributed by atoms with E-state index in [0.717, 1.165) is 23.0 Å². The standard InChI is InChI=1S/C13H10N4O/c18-7-9-2-1-3-10(6-9)17-13-11-4-5-14-12(11)15-8-16-13/h1-8H,(H2,14,15,16,17). The Labute approximate surface area is 103 Å². The van der Waals surface area contributed by atoms with Crippen molar-refractivity contribution in [3.63, 3.8) is 0 Å². The maximum absolute atomic E-state index is 10.7. The van der Waals surface area contributed by atoms with Gasteiger partial charge in [0.1, 0.15) is 24.1 Å². The van der Waals surface area contributed by atoms with E-state index in [4.69, 9.17) is 0 Å². The fourth-order valence-electron chi connectivity index (χ4n) is 1.80. The van der Waals surface area contributed by atoms with Gasteiger partial charge in [-0.25, -0.2) is 9.97 Å². The summed E-state index contributed by atoms with van der Waals surface area (Å²) >= 11 is 0. The number of nitrogens with zero attached hydrogens (tertiary/aromatic N) is 2. The van der Waals surface area contributed by atoms with E-state index in [-0.39, 0.29) is 0 Å². The lowest BCUT2D eigenvalue weighted by Gasteiger charge is -2.06. The minimum Gasteiger partial charge on any atom is -0.346 e. The van der Waals surface area contributed by atoms with Gasteiger partial charge in [-0.15, -0.1) is 0 Å². The predicted octanol–water partition coefficient (Wildman–Crippen LogP) is 2.51. The van der Waals surface area contributed by atoms with Gasteiger partial charge in [-0.2, -0.15) is 0 Å². The van der Waals surface area contributed by atoms with E-state index in [1.165, 1.54) is 6.33 Å². The van der Waals surface area contributed by atoms with Crippen LogP contribution in [0.25, 0.3) is 11.0 Å². The monoisotopic (exact) mass is 238 g/mol. The highest BCUT2D eigenvalue weighted by Crippen LogP contribution is 2.22. The van der Waals surface area contributed by atoms with Gasteiger partial charge < -0.3 is 10.3 Å². The van der Waals surface area contributed by atoms with Crippen molar-refractivity contribution < 1.29 is 4.79 Å². The van der Waals surface area contributed by atoms with Gasteiger partial charge in [0.25, 0.3) is 0 Å². The molecule has 2 heterocycles. The van der Waals surface area contributed by atoms with Crippen LogP contribution in [0, 0.1) is 0 Å². The highest BCUT2D eigenvalue weighted by Gasteiger charge is 2.04. The third-order valence-corrected chi connectivity index (χ3v) is 2.64. The quantitative estimate of drug-likeness (QED) is 0.688. The van der Waals surface area contributed by atoms with Crippen LogP contribution in [0.2, 0.25) is 0 Å². The molecule has 0 radical (unpaired) electrons. The number of benzene rings is 1. The number of fused-ring (bicyclic) bond motifs is 1. The van der Waals surface area contributed by atoms with Gasteiger partial charge in [0.2, 0.25) is 0 Å². The number of hydrogen-bond donors (Lipinski definition) is 2. The number of H-pyrrole nitrogens is 1. The highest BCUT2D eigenvalue weighted by molar-refractivity contribution is 5.89. The van der Waals surface area contributed by atoms with E-state index < -0.39 is 0 Å². The van der Waals surface area contributed by atoms with Gasteiger partial charge in [-0.3, -0.25) is 4.79 Å². The molecule has 0 amide bonds. The molecular weight excluding hydrogens is 228 g/mol. The molecule has 5 heteroatoms. The Hall–Kier alpha value is -2.69. The lowest BCUT2D eigenvalue weighted by molar-refractivity contribution is 0.112. The number of nitrogens with one attached hydrogen (secondary N) is 2. The second kappa shape index (κ2) is 4.29. The van der Waals surface area contributed by atoms with E-state index in [0.29, 0.717) is 11.4 Å². The smallest absolute Gasteiger partial charge is 0.150 e. The number of anilines is 2. The fourth-order valence-corrected chi connectivity index (χ4v) is 1.80. The van der Waals surface area contributed by atoms with E-state index in [9.17, 15) is 4.79 Å². The van der Waals surface area contributed by atoms with Gasteiger partial charge in [0.15, 0.2) is 0 Å². The molecular formula is C13H10N4O. The molecule has 1 aromatic carbocycles. The molecule has 18 heavy (non-hydrogen) atoms. The van der Waals surface area contributed by atoms with Crippen LogP contribution in [-0.4, -0.2) is 21.2 Å². The fraction of sp³-hybridized carbons (Fsp3) is 0. The number of rotatable bonds is 3. The first kappa shape index (κ1) is 10.5. The van der Waals surface area contributed by atoms with Crippen LogP contribution in [0.1, 0.15) is 10.4 Å². The number of aldehydes is 1. The van der Waals surface area contributed by atoms with Crippen molar-refractivity contribution in [2.75, 3.05) is 5.32 Å². The second-order valence-electron chi connectivity index (χ2n) is 3.83. The Morgan fingerprint density at radius 1 is 1.22 bits per heavy atom. The Morgan fingerprint density at radius 2 is 2.17 bits per heavy atom. The third kappa shape index (κ3) is 1.82. The first-order valence-corrected chi connectivity index (χ1v) is 5.47. The maximum atomic E-state index is 10.7. The SMILES string of the molecule is O=Cc1cccc(Nc2ncnc3[nH]ccc23)c1. The minimum absolute atomic E-state index is 0.624. The molecule has 0 aliphatic heterocycles.